The maximum atomic E-state index is 12.5. The van der Waals surface area contributed by atoms with Crippen LogP contribution < -0.4 is 14.8 Å². The van der Waals surface area contributed by atoms with Gasteiger partial charge in [-0.1, -0.05) is 13.8 Å². The summed E-state index contributed by atoms with van der Waals surface area (Å²) < 4.78 is 11.2. The zero-order valence-corrected chi connectivity index (χ0v) is 14.2. The van der Waals surface area contributed by atoms with Crippen molar-refractivity contribution in [2.45, 2.75) is 32.7 Å². The van der Waals surface area contributed by atoms with Crippen LogP contribution in [-0.4, -0.2) is 29.3 Å². The minimum atomic E-state index is -0.955. The second-order valence-corrected chi connectivity index (χ2v) is 6.64. The number of nitrogens with one attached hydrogen (secondary N) is 1. The van der Waals surface area contributed by atoms with Gasteiger partial charge < -0.3 is 19.9 Å². The Hall–Kier alpha value is -1.76. The molecule has 1 aromatic carbocycles. The maximum Gasteiger partial charge on any atom is 0.305 e. The molecular formula is C15H18BrNO5. The number of halogens is 1. The van der Waals surface area contributed by atoms with E-state index in [1.165, 1.54) is 0 Å². The van der Waals surface area contributed by atoms with Crippen LogP contribution in [0.3, 0.4) is 0 Å². The van der Waals surface area contributed by atoms with E-state index in [-0.39, 0.29) is 25.0 Å². The Balaban J connectivity index is 2.24. The number of hydrogen-bond donors (Lipinski definition) is 2. The molecule has 0 aliphatic carbocycles. The minimum Gasteiger partial charge on any atom is -0.481 e. The highest BCUT2D eigenvalue weighted by Gasteiger charge is 2.33. The fourth-order valence-electron chi connectivity index (χ4n) is 2.14. The number of carbonyl (C=O) groups is 2. The summed E-state index contributed by atoms with van der Waals surface area (Å²) >= 11 is 3.34. The van der Waals surface area contributed by atoms with E-state index in [0.29, 0.717) is 21.5 Å². The van der Waals surface area contributed by atoms with Gasteiger partial charge in [-0.15, -0.1) is 0 Å². The van der Waals surface area contributed by atoms with E-state index in [1.807, 2.05) is 13.8 Å². The van der Waals surface area contributed by atoms with Gasteiger partial charge in [0.05, 0.1) is 16.4 Å². The van der Waals surface area contributed by atoms with Crippen LogP contribution >= 0.6 is 15.9 Å². The van der Waals surface area contributed by atoms with Crippen LogP contribution in [0.1, 0.15) is 37.6 Å². The highest BCUT2D eigenvalue weighted by Crippen LogP contribution is 2.40. The third-order valence-corrected chi connectivity index (χ3v) is 4.47. The van der Waals surface area contributed by atoms with Gasteiger partial charge >= 0.3 is 5.97 Å². The van der Waals surface area contributed by atoms with Crippen LogP contribution in [0.5, 0.6) is 11.5 Å². The highest BCUT2D eigenvalue weighted by molar-refractivity contribution is 9.10. The molecule has 0 fully saturated rings. The molecular weight excluding hydrogens is 354 g/mol. The summed E-state index contributed by atoms with van der Waals surface area (Å²) in [6.07, 6.45) is -0.151. The lowest BCUT2D eigenvalue weighted by atomic mass is 9.85. The van der Waals surface area contributed by atoms with Crippen molar-refractivity contribution in [3.63, 3.8) is 0 Å². The molecule has 6 nitrogen and oxygen atoms in total. The lowest BCUT2D eigenvalue weighted by Crippen LogP contribution is -2.51. The van der Waals surface area contributed by atoms with Crippen molar-refractivity contribution < 1.29 is 24.2 Å². The predicted octanol–water partition coefficient (Wildman–Crippen LogP) is 2.80. The number of hydrogen-bond acceptors (Lipinski definition) is 4. The molecule has 1 aliphatic rings. The molecule has 1 amide bonds. The van der Waals surface area contributed by atoms with Gasteiger partial charge in [0, 0.05) is 5.56 Å². The summed E-state index contributed by atoms with van der Waals surface area (Å²) in [5.74, 6) is -0.289. The number of rotatable bonds is 5. The van der Waals surface area contributed by atoms with E-state index in [0.717, 1.165) is 0 Å². The summed E-state index contributed by atoms with van der Waals surface area (Å²) in [6.45, 7) is 5.59. The van der Waals surface area contributed by atoms with E-state index in [2.05, 4.69) is 21.2 Å². The number of aliphatic carboxylic acids is 1. The standard InChI is InChI=1S/C15H18BrNO5/c1-8(2)15(3,6-12(18)19)17-14(20)9-4-10(16)13-11(5-9)21-7-22-13/h4-5,8H,6-7H2,1-3H3,(H,17,20)(H,18,19). The van der Waals surface area contributed by atoms with Crippen LogP contribution in [0.25, 0.3) is 0 Å². The molecule has 2 N–H and O–H groups in total. The quantitative estimate of drug-likeness (QED) is 0.830. The van der Waals surface area contributed by atoms with Crippen molar-refractivity contribution in [2.24, 2.45) is 5.92 Å². The van der Waals surface area contributed by atoms with Gasteiger partial charge in [0.25, 0.3) is 5.91 Å². The van der Waals surface area contributed by atoms with Crippen molar-refractivity contribution in [1.29, 1.82) is 0 Å². The third-order valence-electron chi connectivity index (χ3n) is 3.88. The lowest BCUT2D eigenvalue weighted by Gasteiger charge is -2.33. The summed E-state index contributed by atoms with van der Waals surface area (Å²) in [4.78, 5) is 23.5. The van der Waals surface area contributed by atoms with E-state index in [4.69, 9.17) is 14.6 Å². The van der Waals surface area contributed by atoms with Crippen LogP contribution in [0.4, 0.5) is 0 Å². The molecule has 1 atom stereocenters. The first-order valence-electron chi connectivity index (χ1n) is 6.86. The summed E-state index contributed by atoms with van der Waals surface area (Å²) in [7, 11) is 0. The topological polar surface area (TPSA) is 84.9 Å². The van der Waals surface area contributed by atoms with Gasteiger partial charge in [0.1, 0.15) is 0 Å². The number of fused-ring (bicyclic) bond motifs is 1. The Morgan fingerprint density at radius 3 is 2.68 bits per heavy atom. The first kappa shape index (κ1) is 16.6. The van der Waals surface area contributed by atoms with E-state index < -0.39 is 11.5 Å². The fourth-order valence-corrected chi connectivity index (χ4v) is 2.69. The monoisotopic (exact) mass is 371 g/mol. The van der Waals surface area contributed by atoms with Crippen LogP contribution in [0.15, 0.2) is 16.6 Å². The maximum absolute atomic E-state index is 12.5. The van der Waals surface area contributed by atoms with Crippen molar-refractivity contribution in [1.82, 2.24) is 5.32 Å². The summed E-state index contributed by atoms with van der Waals surface area (Å²) in [6, 6.07) is 3.22. The SMILES string of the molecule is CC(C)C(C)(CC(=O)O)NC(=O)c1cc(Br)c2c(c1)OCO2. The first-order chi connectivity index (χ1) is 10.2. The number of carboxylic acids is 1. The lowest BCUT2D eigenvalue weighted by molar-refractivity contribution is -0.138. The van der Waals surface area contributed by atoms with Gasteiger partial charge in [-0.05, 0) is 40.9 Å². The highest BCUT2D eigenvalue weighted by atomic mass is 79.9. The first-order valence-corrected chi connectivity index (χ1v) is 7.65. The molecule has 0 bridgehead atoms. The van der Waals surface area contributed by atoms with E-state index >= 15 is 0 Å². The zero-order chi connectivity index (χ0) is 16.5. The molecule has 22 heavy (non-hydrogen) atoms. The zero-order valence-electron chi connectivity index (χ0n) is 12.6. The molecule has 0 saturated carbocycles. The number of amides is 1. The van der Waals surface area contributed by atoms with E-state index in [1.54, 1.807) is 19.1 Å². The van der Waals surface area contributed by atoms with Crippen LogP contribution in [-0.2, 0) is 4.79 Å². The van der Waals surface area contributed by atoms with Crippen LogP contribution in [0.2, 0.25) is 0 Å². The fraction of sp³-hybridized carbons (Fsp3) is 0.467. The molecule has 2 rings (SSSR count). The minimum absolute atomic E-state index is 0.0370. The molecule has 1 unspecified atom stereocenters. The molecule has 0 radical (unpaired) electrons. The van der Waals surface area contributed by atoms with Crippen molar-refractivity contribution >= 4 is 27.8 Å². The number of ether oxygens (including phenoxy) is 2. The second-order valence-electron chi connectivity index (χ2n) is 5.79. The Kier molecular flexibility index (Phi) is 4.65. The second kappa shape index (κ2) is 6.16. The Labute approximate surface area is 136 Å². The van der Waals surface area contributed by atoms with Crippen LogP contribution in [0, 0.1) is 5.92 Å². The average Bonchev–Trinajstić information content (AvgIpc) is 2.86. The number of carbonyl (C=O) groups excluding carboxylic acids is 1. The van der Waals surface area contributed by atoms with Gasteiger partial charge in [0.15, 0.2) is 11.5 Å². The molecule has 1 aliphatic heterocycles. The predicted molar refractivity (Wildman–Crippen MR) is 83.2 cm³/mol. The third kappa shape index (κ3) is 3.35. The average molecular weight is 372 g/mol. The van der Waals surface area contributed by atoms with Crippen molar-refractivity contribution in [2.75, 3.05) is 6.79 Å². The molecule has 0 spiro atoms. The molecule has 7 heteroatoms. The molecule has 1 heterocycles. The Bertz CT molecular complexity index is 616. The smallest absolute Gasteiger partial charge is 0.305 e. The summed E-state index contributed by atoms with van der Waals surface area (Å²) in [5, 5.41) is 11.9. The van der Waals surface area contributed by atoms with Crippen molar-refractivity contribution in [3.8, 4) is 11.5 Å². The molecule has 120 valence electrons. The van der Waals surface area contributed by atoms with Gasteiger partial charge in [-0.25, -0.2) is 0 Å². The molecule has 1 aromatic rings. The number of benzene rings is 1. The normalized spacial score (nSPS) is 15.5. The number of carboxylic acid groups (broad SMARTS) is 1. The van der Waals surface area contributed by atoms with Gasteiger partial charge in [-0.3, -0.25) is 9.59 Å². The molecule has 0 saturated heterocycles. The Morgan fingerprint density at radius 1 is 1.41 bits per heavy atom. The largest absolute Gasteiger partial charge is 0.481 e. The van der Waals surface area contributed by atoms with Gasteiger partial charge in [-0.2, -0.15) is 0 Å². The Morgan fingerprint density at radius 2 is 2.09 bits per heavy atom. The summed E-state index contributed by atoms with van der Waals surface area (Å²) in [5.41, 5.74) is -0.459. The van der Waals surface area contributed by atoms with E-state index in [9.17, 15) is 9.59 Å². The van der Waals surface area contributed by atoms with Gasteiger partial charge in [0.2, 0.25) is 6.79 Å². The van der Waals surface area contributed by atoms with Crippen molar-refractivity contribution in [3.05, 3.63) is 22.2 Å². The molecule has 0 aromatic heterocycles.